The highest BCUT2D eigenvalue weighted by atomic mass is 19.1. The zero-order chi connectivity index (χ0) is 15.4. The van der Waals surface area contributed by atoms with Crippen molar-refractivity contribution in [2.45, 2.75) is 0 Å². The second-order valence-corrected chi connectivity index (χ2v) is 4.98. The number of piperazine rings is 1. The molecule has 0 atom stereocenters. The summed E-state index contributed by atoms with van der Waals surface area (Å²) in [6.07, 6.45) is 0. The highest BCUT2D eigenvalue weighted by molar-refractivity contribution is 5.80. The fraction of sp³-hybridized carbons (Fsp3) is 0.429. The Morgan fingerprint density at radius 1 is 1.19 bits per heavy atom. The van der Waals surface area contributed by atoms with Crippen molar-refractivity contribution in [2.75, 3.05) is 44.7 Å². The Labute approximate surface area is 122 Å². The van der Waals surface area contributed by atoms with Crippen molar-refractivity contribution in [1.29, 1.82) is 0 Å². The van der Waals surface area contributed by atoms with Crippen molar-refractivity contribution in [1.82, 2.24) is 9.80 Å². The van der Waals surface area contributed by atoms with E-state index in [1.165, 1.54) is 24.1 Å². The van der Waals surface area contributed by atoms with Crippen LogP contribution in [0, 0.1) is 5.82 Å². The van der Waals surface area contributed by atoms with Crippen LogP contribution in [-0.4, -0.2) is 66.7 Å². The van der Waals surface area contributed by atoms with Crippen LogP contribution in [0.4, 0.5) is 14.9 Å². The fourth-order valence-electron chi connectivity index (χ4n) is 2.32. The van der Waals surface area contributed by atoms with Crippen molar-refractivity contribution in [3.63, 3.8) is 0 Å². The number of hydrogen-bond acceptors (Lipinski definition) is 3. The van der Waals surface area contributed by atoms with Crippen molar-refractivity contribution >= 4 is 17.7 Å². The Hall–Kier alpha value is -2.31. The summed E-state index contributed by atoms with van der Waals surface area (Å²) in [4.78, 5) is 27.5. The minimum absolute atomic E-state index is 0.275. The van der Waals surface area contributed by atoms with Crippen LogP contribution in [0.15, 0.2) is 24.3 Å². The van der Waals surface area contributed by atoms with Crippen LogP contribution >= 0.6 is 0 Å². The minimum atomic E-state index is -1.03. The van der Waals surface area contributed by atoms with E-state index < -0.39 is 5.97 Å². The largest absolute Gasteiger partial charge is 0.480 e. The molecule has 21 heavy (non-hydrogen) atoms. The van der Waals surface area contributed by atoms with Gasteiger partial charge in [-0.1, -0.05) is 0 Å². The van der Waals surface area contributed by atoms with Gasteiger partial charge >= 0.3 is 12.0 Å². The smallest absolute Gasteiger partial charge is 0.323 e. The van der Waals surface area contributed by atoms with Crippen LogP contribution in [0.25, 0.3) is 0 Å². The van der Waals surface area contributed by atoms with Gasteiger partial charge in [0.1, 0.15) is 12.4 Å². The van der Waals surface area contributed by atoms with Gasteiger partial charge in [-0.2, -0.15) is 0 Å². The molecule has 0 radical (unpaired) electrons. The minimum Gasteiger partial charge on any atom is -0.480 e. The molecule has 114 valence electrons. The third-order valence-corrected chi connectivity index (χ3v) is 3.44. The monoisotopic (exact) mass is 295 g/mol. The normalized spacial score (nSPS) is 15.0. The predicted molar refractivity (Wildman–Crippen MR) is 75.8 cm³/mol. The van der Waals surface area contributed by atoms with Gasteiger partial charge in [0.25, 0.3) is 0 Å². The molecule has 1 N–H and O–H groups in total. The zero-order valence-electron chi connectivity index (χ0n) is 11.8. The van der Waals surface area contributed by atoms with Crippen molar-refractivity contribution in [3.8, 4) is 0 Å². The molecule has 0 aromatic heterocycles. The number of carbonyl (C=O) groups is 2. The van der Waals surface area contributed by atoms with E-state index in [-0.39, 0.29) is 18.4 Å². The fourth-order valence-corrected chi connectivity index (χ4v) is 2.32. The molecule has 1 aromatic rings. The molecule has 6 nitrogen and oxygen atoms in total. The molecule has 0 spiro atoms. The van der Waals surface area contributed by atoms with Gasteiger partial charge in [0.2, 0.25) is 0 Å². The number of likely N-dealkylation sites (N-methyl/N-ethyl adjacent to an activating group) is 1. The topological polar surface area (TPSA) is 64.1 Å². The maximum Gasteiger partial charge on any atom is 0.323 e. The first-order chi connectivity index (χ1) is 9.97. The number of nitrogens with zero attached hydrogens (tertiary/aromatic N) is 3. The van der Waals surface area contributed by atoms with E-state index in [1.807, 2.05) is 0 Å². The molecule has 2 rings (SSSR count). The van der Waals surface area contributed by atoms with E-state index in [9.17, 15) is 14.0 Å². The molecule has 1 saturated heterocycles. The van der Waals surface area contributed by atoms with Gasteiger partial charge in [-0.15, -0.1) is 0 Å². The van der Waals surface area contributed by atoms with Gasteiger partial charge in [-0.3, -0.25) is 4.79 Å². The van der Waals surface area contributed by atoms with Crippen LogP contribution in [-0.2, 0) is 4.79 Å². The molecule has 1 aliphatic rings. The number of halogens is 1. The first-order valence-corrected chi connectivity index (χ1v) is 6.69. The highest BCUT2D eigenvalue weighted by Crippen LogP contribution is 2.17. The van der Waals surface area contributed by atoms with Gasteiger partial charge in [-0.05, 0) is 24.3 Å². The number of carboxylic acids is 1. The first-order valence-electron chi connectivity index (χ1n) is 6.69. The molecule has 1 fully saturated rings. The van der Waals surface area contributed by atoms with Crippen molar-refractivity contribution in [2.24, 2.45) is 0 Å². The van der Waals surface area contributed by atoms with Gasteiger partial charge < -0.3 is 19.8 Å². The van der Waals surface area contributed by atoms with E-state index >= 15 is 0 Å². The van der Waals surface area contributed by atoms with E-state index in [0.29, 0.717) is 26.2 Å². The molecule has 0 bridgehead atoms. The molecule has 1 heterocycles. The van der Waals surface area contributed by atoms with Crippen LogP contribution < -0.4 is 4.90 Å². The van der Waals surface area contributed by atoms with Crippen LogP contribution in [0.5, 0.6) is 0 Å². The number of carbonyl (C=O) groups excluding carboxylic acids is 1. The second kappa shape index (κ2) is 6.43. The summed E-state index contributed by atoms with van der Waals surface area (Å²) in [5.41, 5.74) is 0.919. The lowest BCUT2D eigenvalue weighted by atomic mass is 10.2. The number of rotatable bonds is 3. The lowest BCUT2D eigenvalue weighted by Gasteiger charge is -2.37. The number of benzene rings is 1. The average Bonchev–Trinajstić information content (AvgIpc) is 2.47. The second-order valence-electron chi connectivity index (χ2n) is 4.98. The van der Waals surface area contributed by atoms with Gasteiger partial charge in [0.05, 0.1) is 0 Å². The van der Waals surface area contributed by atoms with E-state index in [0.717, 1.165) is 5.69 Å². The molecular formula is C14H18FN3O3. The van der Waals surface area contributed by atoms with Gasteiger partial charge in [-0.25, -0.2) is 9.18 Å². The Bertz CT molecular complexity index is 513. The molecule has 0 aliphatic carbocycles. The third-order valence-electron chi connectivity index (χ3n) is 3.44. The SMILES string of the molecule is CN(CC(=O)O)C(=O)N1CCN(c2ccc(F)cc2)CC1. The van der Waals surface area contributed by atoms with E-state index in [1.54, 1.807) is 17.0 Å². The van der Waals surface area contributed by atoms with E-state index in [4.69, 9.17) is 5.11 Å². The molecule has 0 saturated carbocycles. The Morgan fingerprint density at radius 3 is 2.29 bits per heavy atom. The first kappa shape index (κ1) is 15.1. The summed E-state index contributed by atoms with van der Waals surface area (Å²) < 4.78 is 12.9. The molecule has 1 aromatic carbocycles. The number of aliphatic carboxylic acids is 1. The number of urea groups is 1. The number of amides is 2. The third kappa shape index (κ3) is 3.84. The quantitative estimate of drug-likeness (QED) is 0.906. The number of hydrogen-bond donors (Lipinski definition) is 1. The summed E-state index contributed by atoms with van der Waals surface area (Å²) in [6.45, 7) is 1.99. The van der Waals surface area contributed by atoms with Crippen LogP contribution in [0.3, 0.4) is 0 Å². The zero-order valence-corrected chi connectivity index (χ0v) is 11.8. The molecule has 1 aliphatic heterocycles. The summed E-state index contributed by atoms with van der Waals surface area (Å²) in [5, 5.41) is 8.69. The summed E-state index contributed by atoms with van der Waals surface area (Å²) in [6, 6.07) is 5.96. The Balaban J connectivity index is 1.89. The number of anilines is 1. The predicted octanol–water partition coefficient (Wildman–Crippen LogP) is 1.08. The van der Waals surface area contributed by atoms with Crippen molar-refractivity contribution in [3.05, 3.63) is 30.1 Å². The molecule has 7 heteroatoms. The summed E-state index contributed by atoms with van der Waals surface area (Å²) >= 11 is 0. The lowest BCUT2D eigenvalue weighted by molar-refractivity contribution is -0.137. The average molecular weight is 295 g/mol. The maximum atomic E-state index is 12.9. The van der Waals surface area contributed by atoms with Crippen LogP contribution in [0.1, 0.15) is 0 Å². The van der Waals surface area contributed by atoms with E-state index in [2.05, 4.69) is 4.90 Å². The number of carboxylic acid groups (broad SMARTS) is 1. The molecule has 2 amide bonds. The molecular weight excluding hydrogens is 277 g/mol. The molecule has 0 unspecified atom stereocenters. The lowest BCUT2D eigenvalue weighted by Crippen LogP contribution is -2.52. The summed E-state index contributed by atoms with van der Waals surface area (Å²) in [5.74, 6) is -1.31. The maximum absolute atomic E-state index is 12.9. The Kier molecular flexibility index (Phi) is 4.62. The highest BCUT2D eigenvalue weighted by Gasteiger charge is 2.24. The summed E-state index contributed by atoms with van der Waals surface area (Å²) in [7, 11) is 1.48. The standard InChI is InChI=1S/C14H18FN3O3/c1-16(10-13(19)20)14(21)18-8-6-17(7-9-18)12-4-2-11(15)3-5-12/h2-5H,6-10H2,1H3,(H,19,20). The Morgan fingerprint density at radius 2 is 1.76 bits per heavy atom. The van der Waals surface area contributed by atoms with Gasteiger partial charge in [0.15, 0.2) is 0 Å². The van der Waals surface area contributed by atoms with Crippen molar-refractivity contribution < 1.29 is 19.1 Å². The van der Waals surface area contributed by atoms with Gasteiger partial charge in [0, 0.05) is 38.9 Å². The van der Waals surface area contributed by atoms with Crippen LogP contribution in [0.2, 0.25) is 0 Å².